The summed E-state index contributed by atoms with van der Waals surface area (Å²) in [5.74, 6) is -0.0730. The zero-order valence-electron chi connectivity index (χ0n) is 13.4. The average molecular weight is 337 g/mol. The zero-order chi connectivity index (χ0) is 16.2. The molecule has 1 saturated carbocycles. The molecule has 3 rings (SSSR count). The molecule has 0 radical (unpaired) electrons. The maximum absolute atomic E-state index is 12.4. The first kappa shape index (κ1) is 16.4. The smallest absolute Gasteiger partial charge is 0.251 e. The van der Waals surface area contributed by atoms with Crippen LogP contribution in [0.5, 0.6) is 0 Å². The third kappa shape index (κ3) is 4.29. The number of carbonyl (C=O) groups is 2. The summed E-state index contributed by atoms with van der Waals surface area (Å²) < 4.78 is 5.57. The summed E-state index contributed by atoms with van der Waals surface area (Å²) in [7, 11) is 0. The highest BCUT2D eigenvalue weighted by Crippen LogP contribution is 2.18. The first-order valence-electron chi connectivity index (χ1n) is 8.22. The van der Waals surface area contributed by atoms with Gasteiger partial charge in [0, 0.05) is 18.0 Å². The van der Waals surface area contributed by atoms with Gasteiger partial charge in [0.25, 0.3) is 5.91 Å². The molecule has 2 amide bonds. The van der Waals surface area contributed by atoms with Gasteiger partial charge in [-0.2, -0.15) is 0 Å². The van der Waals surface area contributed by atoms with E-state index < -0.39 is 6.10 Å². The quantitative estimate of drug-likeness (QED) is 0.898. The normalized spacial score (nSPS) is 22.3. The highest BCUT2D eigenvalue weighted by Gasteiger charge is 2.31. The Balaban J connectivity index is 1.52. The standard InChI is InChI=1S/C16H23N3O3S/c1-11-17-13(10-23-11)8-15(20)19-6-7-22-14(9-19)16(21)18-12-4-2-3-5-12/h10,12,14H,2-9H2,1H3,(H,18,21). The molecular weight excluding hydrogens is 314 g/mol. The molecule has 1 aliphatic carbocycles. The van der Waals surface area contributed by atoms with Crippen LogP contribution < -0.4 is 5.32 Å². The van der Waals surface area contributed by atoms with Gasteiger partial charge < -0.3 is 15.0 Å². The van der Waals surface area contributed by atoms with Crippen molar-refractivity contribution in [1.82, 2.24) is 15.2 Å². The topological polar surface area (TPSA) is 71.5 Å². The summed E-state index contributed by atoms with van der Waals surface area (Å²) in [6.07, 6.45) is 4.18. The van der Waals surface area contributed by atoms with Crippen molar-refractivity contribution in [2.75, 3.05) is 19.7 Å². The Morgan fingerprint density at radius 1 is 1.43 bits per heavy atom. The Labute approximate surface area is 140 Å². The molecule has 23 heavy (non-hydrogen) atoms. The Bertz CT molecular complexity index is 569. The fraction of sp³-hybridized carbons (Fsp3) is 0.688. The van der Waals surface area contributed by atoms with Crippen molar-refractivity contribution in [3.8, 4) is 0 Å². The molecule has 1 N–H and O–H groups in total. The minimum atomic E-state index is -0.550. The Morgan fingerprint density at radius 3 is 2.91 bits per heavy atom. The molecular formula is C16H23N3O3S. The Hall–Kier alpha value is -1.47. The largest absolute Gasteiger partial charge is 0.365 e. The predicted molar refractivity (Wildman–Crippen MR) is 87.3 cm³/mol. The van der Waals surface area contributed by atoms with E-state index in [1.807, 2.05) is 12.3 Å². The number of thiazole rings is 1. The molecule has 0 bridgehead atoms. The lowest BCUT2D eigenvalue weighted by atomic mass is 10.2. The fourth-order valence-corrected chi connectivity index (χ4v) is 3.77. The lowest BCUT2D eigenvalue weighted by molar-refractivity contribution is -0.147. The minimum Gasteiger partial charge on any atom is -0.365 e. The molecule has 1 aliphatic heterocycles. The molecule has 1 unspecified atom stereocenters. The van der Waals surface area contributed by atoms with E-state index in [1.54, 1.807) is 16.2 Å². The first-order chi connectivity index (χ1) is 11.1. The van der Waals surface area contributed by atoms with Crippen LogP contribution in [0.15, 0.2) is 5.38 Å². The van der Waals surface area contributed by atoms with Gasteiger partial charge in [-0.15, -0.1) is 11.3 Å². The van der Waals surface area contributed by atoms with Crippen LogP contribution in [0, 0.1) is 6.92 Å². The van der Waals surface area contributed by atoms with Crippen LogP contribution >= 0.6 is 11.3 Å². The van der Waals surface area contributed by atoms with Gasteiger partial charge in [-0.05, 0) is 19.8 Å². The Kier molecular flexibility index (Phi) is 5.27. The van der Waals surface area contributed by atoms with Gasteiger partial charge in [0.05, 0.1) is 30.3 Å². The molecule has 7 heteroatoms. The van der Waals surface area contributed by atoms with Gasteiger partial charge in [-0.25, -0.2) is 4.98 Å². The van der Waals surface area contributed by atoms with Crippen LogP contribution in [0.4, 0.5) is 0 Å². The van der Waals surface area contributed by atoms with Crippen LogP contribution in [-0.4, -0.2) is 53.5 Å². The molecule has 6 nitrogen and oxygen atoms in total. The second-order valence-corrected chi connectivity index (χ2v) is 7.29. The van der Waals surface area contributed by atoms with Crippen molar-refractivity contribution in [1.29, 1.82) is 0 Å². The molecule has 2 aliphatic rings. The monoisotopic (exact) mass is 337 g/mol. The van der Waals surface area contributed by atoms with Crippen molar-refractivity contribution >= 4 is 23.2 Å². The lowest BCUT2D eigenvalue weighted by Crippen LogP contribution is -2.53. The maximum Gasteiger partial charge on any atom is 0.251 e. The van der Waals surface area contributed by atoms with E-state index in [-0.39, 0.29) is 17.9 Å². The van der Waals surface area contributed by atoms with Crippen molar-refractivity contribution in [2.24, 2.45) is 0 Å². The molecule has 1 atom stereocenters. The van der Waals surface area contributed by atoms with E-state index in [0.717, 1.165) is 23.5 Å². The highest BCUT2D eigenvalue weighted by molar-refractivity contribution is 7.09. The van der Waals surface area contributed by atoms with Crippen LogP contribution in [0.1, 0.15) is 36.4 Å². The number of morpholine rings is 1. The van der Waals surface area contributed by atoms with Gasteiger partial charge >= 0.3 is 0 Å². The molecule has 0 spiro atoms. The molecule has 1 saturated heterocycles. The van der Waals surface area contributed by atoms with Crippen molar-refractivity contribution < 1.29 is 14.3 Å². The van der Waals surface area contributed by atoms with Gasteiger partial charge in [-0.1, -0.05) is 12.8 Å². The molecule has 126 valence electrons. The summed E-state index contributed by atoms with van der Waals surface area (Å²) in [5, 5.41) is 5.92. The molecule has 0 aromatic carbocycles. The van der Waals surface area contributed by atoms with Gasteiger partial charge in [-0.3, -0.25) is 9.59 Å². The molecule has 1 aromatic rings. The van der Waals surface area contributed by atoms with Crippen molar-refractivity contribution in [2.45, 2.75) is 51.2 Å². The number of hydrogen-bond acceptors (Lipinski definition) is 5. The van der Waals surface area contributed by atoms with Crippen LogP contribution in [0.3, 0.4) is 0 Å². The summed E-state index contributed by atoms with van der Waals surface area (Å²) in [4.78, 5) is 30.7. The third-order valence-electron chi connectivity index (χ3n) is 4.41. The number of nitrogens with zero attached hydrogens (tertiary/aromatic N) is 2. The number of aryl methyl sites for hydroxylation is 1. The Morgan fingerprint density at radius 2 is 2.22 bits per heavy atom. The third-order valence-corrected chi connectivity index (χ3v) is 5.23. The zero-order valence-corrected chi connectivity index (χ0v) is 14.2. The SMILES string of the molecule is Cc1nc(CC(=O)N2CCOC(C(=O)NC3CCCC3)C2)cs1. The molecule has 1 aromatic heterocycles. The van der Waals surface area contributed by atoms with Crippen molar-refractivity contribution in [3.05, 3.63) is 16.1 Å². The van der Waals surface area contributed by atoms with E-state index in [4.69, 9.17) is 4.74 Å². The number of carbonyl (C=O) groups excluding carboxylic acids is 2. The van der Waals surface area contributed by atoms with E-state index in [1.165, 1.54) is 12.8 Å². The predicted octanol–water partition coefficient (Wildman–Crippen LogP) is 1.28. The van der Waals surface area contributed by atoms with Crippen LogP contribution in [-0.2, 0) is 20.7 Å². The first-order valence-corrected chi connectivity index (χ1v) is 9.10. The number of hydrogen-bond donors (Lipinski definition) is 1. The second-order valence-electron chi connectivity index (χ2n) is 6.22. The second kappa shape index (κ2) is 7.40. The molecule has 2 heterocycles. The number of rotatable bonds is 4. The average Bonchev–Trinajstić information content (AvgIpc) is 3.19. The summed E-state index contributed by atoms with van der Waals surface area (Å²) in [6, 6.07) is 0.273. The van der Waals surface area contributed by atoms with Crippen LogP contribution in [0.2, 0.25) is 0 Å². The van der Waals surface area contributed by atoms with Gasteiger partial charge in [0.2, 0.25) is 5.91 Å². The summed E-state index contributed by atoms with van der Waals surface area (Å²) in [6.45, 7) is 3.21. The maximum atomic E-state index is 12.4. The van der Waals surface area contributed by atoms with E-state index in [2.05, 4.69) is 10.3 Å². The number of nitrogens with one attached hydrogen (secondary N) is 1. The fourth-order valence-electron chi connectivity index (χ4n) is 3.15. The van der Waals surface area contributed by atoms with Crippen molar-refractivity contribution in [3.63, 3.8) is 0 Å². The molecule has 2 fully saturated rings. The van der Waals surface area contributed by atoms with Gasteiger partial charge in [0.1, 0.15) is 0 Å². The van der Waals surface area contributed by atoms with E-state index in [9.17, 15) is 9.59 Å². The number of aromatic nitrogens is 1. The van der Waals surface area contributed by atoms with E-state index in [0.29, 0.717) is 26.1 Å². The van der Waals surface area contributed by atoms with Gasteiger partial charge in [0.15, 0.2) is 6.10 Å². The van der Waals surface area contributed by atoms with Crippen LogP contribution in [0.25, 0.3) is 0 Å². The number of amides is 2. The lowest BCUT2D eigenvalue weighted by Gasteiger charge is -2.32. The highest BCUT2D eigenvalue weighted by atomic mass is 32.1. The minimum absolute atomic E-state index is 0.0114. The number of ether oxygens (including phenoxy) is 1. The van der Waals surface area contributed by atoms with E-state index >= 15 is 0 Å². The summed E-state index contributed by atoms with van der Waals surface area (Å²) in [5.41, 5.74) is 0.802. The summed E-state index contributed by atoms with van der Waals surface area (Å²) >= 11 is 1.55.